The van der Waals surface area contributed by atoms with Gasteiger partial charge in [0.25, 0.3) is 0 Å². The molecule has 5 rings (SSSR count). The molecular weight excluding hydrogens is 449 g/mol. The number of aromatic nitrogens is 3. The van der Waals surface area contributed by atoms with Crippen LogP contribution in [0.25, 0.3) is 33.4 Å². The quantitative estimate of drug-likeness (QED) is 0.307. The fraction of sp³-hybridized carbons (Fsp3) is 0. The van der Waals surface area contributed by atoms with E-state index in [1.807, 2.05) is 6.07 Å². The van der Waals surface area contributed by atoms with Crippen molar-refractivity contribution in [3.05, 3.63) is 102 Å². The summed E-state index contributed by atoms with van der Waals surface area (Å²) in [7, 11) is 0. The van der Waals surface area contributed by atoms with Gasteiger partial charge >= 0.3 is 0 Å². The average Bonchev–Trinajstić information content (AvgIpc) is 2.83. The van der Waals surface area contributed by atoms with Crippen LogP contribution in [-0.2, 0) is 0 Å². The lowest BCUT2D eigenvalue weighted by Crippen LogP contribution is -2.00. The maximum Gasteiger partial charge on any atom is 0.166 e. The Morgan fingerprint density at radius 2 is 1.67 bits per heavy atom. The molecule has 0 bridgehead atoms. The molecule has 33 heavy (non-hydrogen) atoms. The second-order valence-corrected chi connectivity index (χ2v) is 7.63. The summed E-state index contributed by atoms with van der Waals surface area (Å²) in [6, 6.07) is 16.9. The van der Waals surface area contributed by atoms with Gasteiger partial charge in [-0.25, -0.2) is 23.1 Å². The summed E-state index contributed by atoms with van der Waals surface area (Å²) in [5, 5.41) is 3.74. The molecule has 5 aromatic rings. The number of nitrogens with zero attached hydrogens (tertiary/aromatic N) is 3. The van der Waals surface area contributed by atoms with Gasteiger partial charge in [0.2, 0.25) is 0 Å². The maximum atomic E-state index is 14.4. The highest BCUT2D eigenvalue weighted by atomic mass is 35.5. The van der Waals surface area contributed by atoms with Gasteiger partial charge in [0.05, 0.1) is 10.5 Å². The normalized spacial score (nSPS) is 11.0. The van der Waals surface area contributed by atoms with Crippen LogP contribution in [0.5, 0.6) is 0 Å². The zero-order valence-corrected chi connectivity index (χ0v) is 17.6. The van der Waals surface area contributed by atoms with Crippen LogP contribution in [0, 0.1) is 17.5 Å². The second-order valence-electron chi connectivity index (χ2n) is 7.22. The Labute approximate surface area is 191 Å². The first-order valence-electron chi connectivity index (χ1n) is 9.88. The van der Waals surface area contributed by atoms with Gasteiger partial charge in [0, 0.05) is 34.6 Å². The number of halogens is 4. The van der Waals surface area contributed by atoms with Crippen LogP contribution in [-0.4, -0.2) is 15.0 Å². The maximum absolute atomic E-state index is 14.4. The van der Waals surface area contributed by atoms with Crippen molar-refractivity contribution in [1.29, 1.82) is 0 Å². The van der Waals surface area contributed by atoms with E-state index in [0.29, 0.717) is 39.4 Å². The van der Waals surface area contributed by atoms with Gasteiger partial charge in [-0.1, -0.05) is 29.8 Å². The van der Waals surface area contributed by atoms with Crippen molar-refractivity contribution in [2.45, 2.75) is 0 Å². The van der Waals surface area contributed by atoms with Crippen molar-refractivity contribution in [3.8, 4) is 22.5 Å². The summed E-state index contributed by atoms with van der Waals surface area (Å²) < 4.78 is 41.8. The van der Waals surface area contributed by atoms with E-state index in [-0.39, 0.29) is 10.6 Å². The second kappa shape index (κ2) is 8.52. The topological polar surface area (TPSA) is 50.7 Å². The number of anilines is 2. The van der Waals surface area contributed by atoms with Crippen LogP contribution >= 0.6 is 11.6 Å². The first-order valence-corrected chi connectivity index (χ1v) is 10.3. The lowest BCUT2D eigenvalue weighted by Gasteiger charge is -2.13. The summed E-state index contributed by atoms with van der Waals surface area (Å²) in [6.07, 6.45) is 3.25. The van der Waals surface area contributed by atoms with Gasteiger partial charge in [-0.3, -0.25) is 4.98 Å². The zero-order valence-electron chi connectivity index (χ0n) is 16.9. The standard InChI is InChI=1S/C25H14ClF3N4/c26-19-12-16(7-9-20(19)27)31-25-18-8-6-14(17-4-1-5-21(28)23(17)29)11-22(18)32-24(33-25)15-3-2-10-30-13-15/h1-13H,(H,31,32,33). The summed E-state index contributed by atoms with van der Waals surface area (Å²) in [5.74, 6) is -1.58. The lowest BCUT2D eigenvalue weighted by molar-refractivity contribution is 0.511. The lowest BCUT2D eigenvalue weighted by atomic mass is 10.0. The van der Waals surface area contributed by atoms with Gasteiger partial charge in [0.1, 0.15) is 11.6 Å². The number of nitrogens with one attached hydrogen (secondary N) is 1. The molecule has 2 heterocycles. The van der Waals surface area contributed by atoms with Crippen molar-refractivity contribution >= 4 is 34.0 Å². The van der Waals surface area contributed by atoms with Crippen molar-refractivity contribution in [1.82, 2.24) is 15.0 Å². The molecule has 0 radical (unpaired) electrons. The smallest absolute Gasteiger partial charge is 0.166 e. The fourth-order valence-corrected chi connectivity index (χ4v) is 3.63. The number of pyridine rings is 1. The van der Waals surface area contributed by atoms with Gasteiger partial charge in [-0.15, -0.1) is 0 Å². The molecule has 4 nitrogen and oxygen atoms in total. The molecule has 0 aliphatic rings. The van der Waals surface area contributed by atoms with E-state index in [9.17, 15) is 13.2 Å². The Morgan fingerprint density at radius 1 is 0.788 bits per heavy atom. The molecule has 8 heteroatoms. The Hall–Kier alpha value is -3.97. The predicted octanol–water partition coefficient (Wildman–Crippen LogP) is 7.17. The Balaban J connectivity index is 1.69. The minimum Gasteiger partial charge on any atom is -0.340 e. The average molecular weight is 463 g/mol. The number of rotatable bonds is 4. The van der Waals surface area contributed by atoms with Crippen LogP contribution in [0.2, 0.25) is 5.02 Å². The monoisotopic (exact) mass is 462 g/mol. The van der Waals surface area contributed by atoms with E-state index in [0.717, 1.165) is 6.07 Å². The Bertz CT molecular complexity index is 1490. The van der Waals surface area contributed by atoms with Crippen LogP contribution in [0.15, 0.2) is 79.1 Å². The number of benzene rings is 3. The molecule has 0 aliphatic carbocycles. The van der Waals surface area contributed by atoms with E-state index in [1.165, 1.54) is 30.3 Å². The summed E-state index contributed by atoms with van der Waals surface area (Å²) in [5.41, 5.74) is 2.28. The van der Waals surface area contributed by atoms with Crippen LogP contribution in [0.3, 0.4) is 0 Å². The highest BCUT2D eigenvalue weighted by Gasteiger charge is 2.15. The third-order valence-corrected chi connectivity index (χ3v) is 5.35. The molecule has 1 N–H and O–H groups in total. The molecule has 2 aromatic heterocycles. The Morgan fingerprint density at radius 3 is 2.45 bits per heavy atom. The minimum atomic E-state index is -0.933. The fourth-order valence-electron chi connectivity index (χ4n) is 3.45. The van der Waals surface area contributed by atoms with Crippen LogP contribution < -0.4 is 5.32 Å². The zero-order chi connectivity index (χ0) is 22.9. The SMILES string of the molecule is Fc1ccc(Nc2nc(-c3cccnc3)nc3cc(-c4cccc(F)c4F)ccc23)cc1Cl. The molecule has 0 saturated heterocycles. The highest BCUT2D eigenvalue weighted by Crippen LogP contribution is 2.32. The van der Waals surface area contributed by atoms with E-state index in [1.54, 1.807) is 36.7 Å². The molecule has 0 aliphatic heterocycles. The molecule has 0 amide bonds. The van der Waals surface area contributed by atoms with E-state index in [4.69, 9.17) is 11.6 Å². The van der Waals surface area contributed by atoms with Crippen molar-refractivity contribution < 1.29 is 13.2 Å². The van der Waals surface area contributed by atoms with Gasteiger partial charge in [0.15, 0.2) is 17.5 Å². The van der Waals surface area contributed by atoms with E-state index in [2.05, 4.69) is 20.3 Å². The first-order chi connectivity index (χ1) is 16.0. The third kappa shape index (κ3) is 4.10. The molecular formula is C25H14ClF3N4. The minimum absolute atomic E-state index is 0.0327. The number of hydrogen-bond acceptors (Lipinski definition) is 4. The number of hydrogen-bond donors (Lipinski definition) is 1. The molecule has 0 fully saturated rings. The van der Waals surface area contributed by atoms with E-state index < -0.39 is 17.5 Å². The van der Waals surface area contributed by atoms with Gasteiger partial charge < -0.3 is 5.32 Å². The molecule has 0 atom stereocenters. The predicted molar refractivity (Wildman–Crippen MR) is 123 cm³/mol. The van der Waals surface area contributed by atoms with Gasteiger partial charge in [-0.2, -0.15) is 0 Å². The molecule has 0 unspecified atom stereocenters. The molecule has 3 aromatic carbocycles. The summed E-state index contributed by atoms with van der Waals surface area (Å²) in [6.45, 7) is 0. The van der Waals surface area contributed by atoms with E-state index >= 15 is 0 Å². The third-order valence-electron chi connectivity index (χ3n) is 5.06. The van der Waals surface area contributed by atoms with Crippen molar-refractivity contribution in [3.63, 3.8) is 0 Å². The van der Waals surface area contributed by atoms with Gasteiger partial charge in [-0.05, 0) is 54.1 Å². The van der Waals surface area contributed by atoms with Crippen molar-refractivity contribution in [2.24, 2.45) is 0 Å². The highest BCUT2D eigenvalue weighted by molar-refractivity contribution is 6.31. The van der Waals surface area contributed by atoms with Crippen LogP contribution in [0.1, 0.15) is 0 Å². The molecule has 0 saturated carbocycles. The number of fused-ring (bicyclic) bond motifs is 1. The first kappa shape index (κ1) is 20.9. The summed E-state index contributed by atoms with van der Waals surface area (Å²) in [4.78, 5) is 13.4. The van der Waals surface area contributed by atoms with Crippen LogP contribution in [0.4, 0.5) is 24.7 Å². The largest absolute Gasteiger partial charge is 0.340 e. The summed E-state index contributed by atoms with van der Waals surface area (Å²) >= 11 is 5.92. The van der Waals surface area contributed by atoms with Crippen molar-refractivity contribution in [2.75, 3.05) is 5.32 Å². The Kier molecular flexibility index (Phi) is 5.40. The molecule has 0 spiro atoms. The molecule has 162 valence electrons.